The Morgan fingerprint density at radius 1 is 1.42 bits per heavy atom. The maximum absolute atomic E-state index is 11.4. The second-order valence-corrected chi connectivity index (χ2v) is 4.65. The Balaban J connectivity index is 2.28. The van der Waals surface area contributed by atoms with E-state index in [0.29, 0.717) is 12.1 Å². The van der Waals surface area contributed by atoms with E-state index in [1.54, 1.807) is 0 Å². The topological polar surface area (TPSA) is 55.1 Å². The monoisotopic (exact) mass is 170 g/mol. The lowest BCUT2D eigenvalue weighted by Gasteiger charge is -2.34. The van der Waals surface area contributed by atoms with Gasteiger partial charge >= 0.3 is 0 Å². The Morgan fingerprint density at radius 2 is 1.92 bits per heavy atom. The van der Waals surface area contributed by atoms with E-state index in [1.165, 1.54) is 0 Å². The lowest BCUT2D eigenvalue weighted by molar-refractivity contribution is -0.129. The number of carbonyl (C=O) groups is 1. The fourth-order valence-corrected chi connectivity index (χ4v) is 1.18. The van der Waals surface area contributed by atoms with E-state index in [1.807, 2.05) is 20.8 Å². The minimum absolute atomic E-state index is 0.124. The van der Waals surface area contributed by atoms with Gasteiger partial charge in [-0.15, -0.1) is 0 Å². The van der Waals surface area contributed by atoms with Crippen LogP contribution in [0, 0.1) is 5.41 Å². The van der Waals surface area contributed by atoms with E-state index in [-0.39, 0.29) is 11.3 Å². The van der Waals surface area contributed by atoms with Crippen LogP contribution in [0.4, 0.5) is 0 Å². The highest BCUT2D eigenvalue weighted by Gasteiger charge is 2.30. The number of carbonyl (C=O) groups excluding carboxylic acids is 1. The van der Waals surface area contributed by atoms with Gasteiger partial charge in [-0.1, -0.05) is 20.8 Å². The summed E-state index contributed by atoms with van der Waals surface area (Å²) in [5.74, 6) is 0.124. The molecule has 1 amide bonds. The average molecular weight is 170 g/mol. The van der Waals surface area contributed by atoms with Gasteiger partial charge in [-0.25, -0.2) is 0 Å². The van der Waals surface area contributed by atoms with Gasteiger partial charge in [-0.3, -0.25) is 4.79 Å². The largest absolute Gasteiger partial charge is 0.353 e. The highest BCUT2D eigenvalue weighted by Crippen LogP contribution is 2.20. The second kappa shape index (κ2) is 3.05. The van der Waals surface area contributed by atoms with Crippen LogP contribution in [0.5, 0.6) is 0 Å². The van der Waals surface area contributed by atoms with Gasteiger partial charge in [0.05, 0.1) is 0 Å². The van der Waals surface area contributed by atoms with Crippen LogP contribution in [0.2, 0.25) is 0 Å². The predicted molar refractivity (Wildman–Crippen MR) is 48.6 cm³/mol. The first-order valence-corrected chi connectivity index (χ1v) is 4.46. The van der Waals surface area contributed by atoms with Gasteiger partial charge in [0.15, 0.2) is 0 Å². The van der Waals surface area contributed by atoms with Gasteiger partial charge in [-0.2, -0.15) is 0 Å². The molecule has 0 saturated heterocycles. The number of amides is 1. The van der Waals surface area contributed by atoms with E-state index < -0.39 is 0 Å². The number of rotatable bonds is 1. The Morgan fingerprint density at radius 3 is 2.25 bits per heavy atom. The van der Waals surface area contributed by atoms with E-state index in [2.05, 4.69) is 5.32 Å². The fourth-order valence-electron chi connectivity index (χ4n) is 1.18. The molecule has 0 aromatic heterocycles. The molecular formula is C9H18N2O. The summed E-state index contributed by atoms with van der Waals surface area (Å²) in [5, 5.41) is 2.97. The van der Waals surface area contributed by atoms with E-state index in [0.717, 1.165) is 12.8 Å². The summed E-state index contributed by atoms with van der Waals surface area (Å²) < 4.78 is 0. The summed E-state index contributed by atoms with van der Waals surface area (Å²) >= 11 is 0. The molecular weight excluding hydrogens is 152 g/mol. The average Bonchev–Trinajstić information content (AvgIpc) is 1.82. The third-order valence-corrected chi connectivity index (χ3v) is 2.19. The maximum Gasteiger partial charge on any atom is 0.225 e. The van der Waals surface area contributed by atoms with Crippen LogP contribution in [0.25, 0.3) is 0 Å². The van der Waals surface area contributed by atoms with E-state index in [4.69, 9.17) is 5.73 Å². The molecule has 70 valence electrons. The van der Waals surface area contributed by atoms with Crippen LogP contribution in [0.3, 0.4) is 0 Å². The maximum atomic E-state index is 11.4. The minimum atomic E-state index is -0.278. The third-order valence-electron chi connectivity index (χ3n) is 2.19. The van der Waals surface area contributed by atoms with E-state index >= 15 is 0 Å². The first-order chi connectivity index (χ1) is 5.39. The minimum Gasteiger partial charge on any atom is -0.353 e. The van der Waals surface area contributed by atoms with Crippen molar-refractivity contribution >= 4 is 5.91 Å². The molecule has 0 radical (unpaired) electrons. The molecule has 1 saturated carbocycles. The van der Waals surface area contributed by atoms with Crippen molar-refractivity contribution in [3.63, 3.8) is 0 Å². The molecule has 0 bridgehead atoms. The summed E-state index contributed by atoms with van der Waals surface area (Å²) in [4.78, 5) is 11.4. The van der Waals surface area contributed by atoms with Crippen molar-refractivity contribution in [2.24, 2.45) is 11.1 Å². The Bertz CT molecular complexity index is 177. The van der Waals surface area contributed by atoms with Crippen molar-refractivity contribution in [1.82, 2.24) is 5.32 Å². The zero-order chi connectivity index (χ0) is 9.35. The number of hydrogen-bond acceptors (Lipinski definition) is 2. The Hall–Kier alpha value is -0.570. The zero-order valence-corrected chi connectivity index (χ0v) is 8.05. The number of nitrogens with one attached hydrogen (secondary N) is 1. The quantitative estimate of drug-likeness (QED) is 0.606. The summed E-state index contributed by atoms with van der Waals surface area (Å²) in [5.41, 5.74) is 5.32. The molecule has 0 aliphatic heterocycles. The molecule has 0 heterocycles. The van der Waals surface area contributed by atoms with Crippen molar-refractivity contribution in [3.8, 4) is 0 Å². The molecule has 0 atom stereocenters. The van der Waals surface area contributed by atoms with Gasteiger partial charge in [0, 0.05) is 17.5 Å². The molecule has 0 aromatic carbocycles. The van der Waals surface area contributed by atoms with Crippen molar-refractivity contribution in [1.29, 1.82) is 0 Å². The molecule has 0 aromatic rings. The molecule has 3 nitrogen and oxygen atoms in total. The molecule has 1 aliphatic rings. The molecule has 0 spiro atoms. The second-order valence-electron chi connectivity index (χ2n) is 4.65. The van der Waals surface area contributed by atoms with Gasteiger partial charge < -0.3 is 11.1 Å². The van der Waals surface area contributed by atoms with Crippen molar-refractivity contribution in [3.05, 3.63) is 0 Å². The Kier molecular flexibility index (Phi) is 2.42. The SMILES string of the molecule is CC(C)(C)C(=O)NC1CC(N)C1. The normalized spacial score (nSPS) is 29.3. The molecule has 1 aliphatic carbocycles. The molecule has 0 unspecified atom stereocenters. The summed E-state index contributed by atoms with van der Waals surface area (Å²) in [6.07, 6.45) is 1.86. The summed E-state index contributed by atoms with van der Waals surface area (Å²) in [7, 11) is 0. The van der Waals surface area contributed by atoms with Crippen LogP contribution in [0.15, 0.2) is 0 Å². The smallest absolute Gasteiger partial charge is 0.225 e. The first kappa shape index (κ1) is 9.52. The first-order valence-electron chi connectivity index (χ1n) is 4.46. The van der Waals surface area contributed by atoms with Crippen molar-refractivity contribution in [2.75, 3.05) is 0 Å². The van der Waals surface area contributed by atoms with Crippen LogP contribution >= 0.6 is 0 Å². The van der Waals surface area contributed by atoms with E-state index in [9.17, 15) is 4.79 Å². The number of nitrogens with two attached hydrogens (primary N) is 1. The molecule has 3 N–H and O–H groups in total. The Labute approximate surface area is 73.7 Å². The van der Waals surface area contributed by atoms with Crippen molar-refractivity contribution in [2.45, 2.75) is 45.7 Å². The fraction of sp³-hybridized carbons (Fsp3) is 0.889. The van der Waals surface area contributed by atoms with Gasteiger partial charge in [-0.05, 0) is 12.8 Å². The summed E-state index contributed by atoms with van der Waals surface area (Å²) in [6.45, 7) is 5.75. The van der Waals surface area contributed by atoms with Crippen LogP contribution in [-0.2, 0) is 4.79 Å². The molecule has 12 heavy (non-hydrogen) atoms. The lowest BCUT2D eigenvalue weighted by atomic mass is 9.86. The number of hydrogen-bond donors (Lipinski definition) is 2. The van der Waals surface area contributed by atoms with Gasteiger partial charge in [0.2, 0.25) is 5.91 Å². The van der Waals surface area contributed by atoms with Crippen molar-refractivity contribution < 1.29 is 4.79 Å². The third kappa shape index (κ3) is 2.21. The molecule has 1 fully saturated rings. The van der Waals surface area contributed by atoms with Gasteiger partial charge in [0.25, 0.3) is 0 Å². The predicted octanol–water partition coefficient (Wildman–Crippen LogP) is 0.638. The standard InChI is InChI=1S/C9H18N2O/c1-9(2,3)8(12)11-7-4-6(10)5-7/h6-7H,4-5,10H2,1-3H3,(H,11,12). The zero-order valence-electron chi connectivity index (χ0n) is 8.05. The highest BCUT2D eigenvalue weighted by atomic mass is 16.2. The lowest BCUT2D eigenvalue weighted by Crippen LogP contribution is -2.52. The van der Waals surface area contributed by atoms with Crippen LogP contribution in [0.1, 0.15) is 33.6 Å². The summed E-state index contributed by atoms with van der Waals surface area (Å²) in [6, 6.07) is 0.627. The van der Waals surface area contributed by atoms with Crippen LogP contribution < -0.4 is 11.1 Å². The highest BCUT2D eigenvalue weighted by molar-refractivity contribution is 5.81. The molecule has 1 rings (SSSR count). The van der Waals surface area contributed by atoms with Crippen LogP contribution in [-0.4, -0.2) is 18.0 Å². The van der Waals surface area contributed by atoms with Gasteiger partial charge in [0.1, 0.15) is 0 Å². The molecule has 3 heteroatoms.